The molecule has 3 aromatic rings. The zero-order chi connectivity index (χ0) is 23.1. The molecular weight excluding hydrogens is 419 g/mol. The molecule has 0 aliphatic heterocycles. The zero-order valence-corrected chi connectivity index (χ0v) is 17.6. The number of halogens is 3. The Labute approximate surface area is 184 Å². The van der Waals surface area contributed by atoms with Crippen LogP contribution in [-0.4, -0.2) is 28.5 Å². The van der Waals surface area contributed by atoms with Crippen LogP contribution in [-0.2, 0) is 6.18 Å². The number of allylic oxidation sites excluding steroid dienone is 3. The van der Waals surface area contributed by atoms with E-state index < -0.39 is 12.0 Å². The van der Waals surface area contributed by atoms with Gasteiger partial charge in [-0.2, -0.15) is 13.2 Å². The van der Waals surface area contributed by atoms with Crippen LogP contribution in [0.25, 0.3) is 17.1 Å². The second-order valence-electron chi connectivity index (χ2n) is 6.66. The molecule has 0 N–H and O–H groups in total. The molecule has 3 rings (SSSR count). The standard InChI is InChI=1S/C24H22F3N3O2/c1-4-6-17(7-5-2)16-32-21-12-8-18(9-13-21)22-28-23(24(25,26)27)29-30(22)19-10-14-20(31-3)15-11-19/h4-15H,1,16H2,2-3H3/b7-5-,17-6+. The van der Waals surface area contributed by atoms with Crippen molar-refractivity contribution in [1.82, 2.24) is 14.8 Å². The van der Waals surface area contributed by atoms with Crippen LogP contribution < -0.4 is 9.47 Å². The summed E-state index contributed by atoms with van der Waals surface area (Å²) in [5.74, 6) is -0.0000669. The summed E-state index contributed by atoms with van der Waals surface area (Å²) >= 11 is 0. The number of rotatable bonds is 8. The second-order valence-corrected chi connectivity index (χ2v) is 6.66. The molecule has 0 spiro atoms. The topological polar surface area (TPSA) is 49.2 Å². The van der Waals surface area contributed by atoms with E-state index in [0.29, 0.717) is 29.4 Å². The molecule has 0 saturated heterocycles. The normalized spacial score (nSPS) is 12.2. The minimum absolute atomic E-state index is 0.0650. The predicted octanol–water partition coefficient (Wildman–Crippen LogP) is 6.03. The summed E-state index contributed by atoms with van der Waals surface area (Å²) in [6, 6.07) is 13.2. The van der Waals surface area contributed by atoms with Gasteiger partial charge in [-0.05, 0) is 61.0 Å². The van der Waals surface area contributed by atoms with Crippen molar-refractivity contribution in [2.45, 2.75) is 13.1 Å². The summed E-state index contributed by atoms with van der Waals surface area (Å²) in [4.78, 5) is 3.75. The highest BCUT2D eigenvalue weighted by Gasteiger charge is 2.37. The minimum Gasteiger partial charge on any atom is -0.497 e. The molecule has 0 atom stereocenters. The van der Waals surface area contributed by atoms with Crippen LogP contribution in [0.4, 0.5) is 13.2 Å². The van der Waals surface area contributed by atoms with Crippen LogP contribution in [0.15, 0.2) is 85.0 Å². The molecule has 166 valence electrons. The number of benzene rings is 2. The molecule has 0 unspecified atom stereocenters. The lowest BCUT2D eigenvalue weighted by Gasteiger charge is -2.09. The van der Waals surface area contributed by atoms with Gasteiger partial charge in [0, 0.05) is 5.56 Å². The van der Waals surface area contributed by atoms with Crippen LogP contribution >= 0.6 is 0 Å². The van der Waals surface area contributed by atoms with Crippen molar-refractivity contribution >= 4 is 0 Å². The van der Waals surface area contributed by atoms with E-state index in [9.17, 15) is 13.2 Å². The summed E-state index contributed by atoms with van der Waals surface area (Å²) in [5.41, 5.74) is 1.82. The van der Waals surface area contributed by atoms with E-state index in [1.165, 1.54) is 7.11 Å². The maximum atomic E-state index is 13.3. The summed E-state index contributed by atoms with van der Waals surface area (Å²) in [5, 5.41) is 3.69. The Bertz CT molecular complexity index is 1110. The van der Waals surface area contributed by atoms with Crippen molar-refractivity contribution in [3.63, 3.8) is 0 Å². The molecule has 32 heavy (non-hydrogen) atoms. The third-order valence-electron chi connectivity index (χ3n) is 4.41. The number of nitrogens with zero attached hydrogens (tertiary/aromatic N) is 3. The molecule has 0 fully saturated rings. The number of hydrogen-bond acceptors (Lipinski definition) is 4. The van der Waals surface area contributed by atoms with Gasteiger partial charge in [0.15, 0.2) is 5.82 Å². The van der Waals surface area contributed by atoms with E-state index in [0.717, 1.165) is 10.3 Å². The van der Waals surface area contributed by atoms with Crippen molar-refractivity contribution in [3.05, 3.63) is 90.8 Å². The fraction of sp³-hybridized carbons (Fsp3) is 0.167. The molecule has 2 aromatic carbocycles. The maximum absolute atomic E-state index is 13.3. The molecule has 0 amide bonds. The Hall–Kier alpha value is -3.81. The van der Waals surface area contributed by atoms with Crippen molar-refractivity contribution in [2.24, 2.45) is 0 Å². The van der Waals surface area contributed by atoms with Crippen LogP contribution in [0.2, 0.25) is 0 Å². The molecule has 0 aliphatic carbocycles. The van der Waals surface area contributed by atoms with Gasteiger partial charge in [0.05, 0.1) is 12.8 Å². The number of ether oxygens (including phenoxy) is 2. The lowest BCUT2D eigenvalue weighted by molar-refractivity contribution is -0.144. The number of alkyl halides is 3. The van der Waals surface area contributed by atoms with Crippen molar-refractivity contribution in [1.29, 1.82) is 0 Å². The number of methoxy groups -OCH3 is 1. The minimum atomic E-state index is -4.67. The van der Waals surface area contributed by atoms with E-state index in [-0.39, 0.29) is 5.82 Å². The molecule has 0 radical (unpaired) electrons. The Balaban J connectivity index is 1.91. The summed E-state index contributed by atoms with van der Waals surface area (Å²) in [7, 11) is 1.51. The SMILES string of the molecule is C=C/C=C(\C=C/C)COc1ccc(-c2nc(C(F)(F)F)nn2-c2ccc(OC)cc2)cc1. The first-order chi connectivity index (χ1) is 15.4. The van der Waals surface area contributed by atoms with Crippen LogP contribution in [0.5, 0.6) is 11.5 Å². The van der Waals surface area contributed by atoms with Crippen molar-refractivity contribution in [3.8, 4) is 28.6 Å². The quantitative estimate of drug-likeness (QED) is 0.401. The monoisotopic (exact) mass is 441 g/mol. The van der Waals surface area contributed by atoms with Crippen LogP contribution in [0.3, 0.4) is 0 Å². The fourth-order valence-electron chi connectivity index (χ4n) is 2.91. The highest BCUT2D eigenvalue weighted by molar-refractivity contribution is 5.59. The Morgan fingerprint density at radius 2 is 1.72 bits per heavy atom. The first kappa shape index (κ1) is 22.9. The Morgan fingerprint density at radius 3 is 2.28 bits per heavy atom. The highest BCUT2D eigenvalue weighted by atomic mass is 19.4. The first-order valence-corrected chi connectivity index (χ1v) is 9.72. The van der Waals surface area contributed by atoms with Gasteiger partial charge < -0.3 is 9.47 Å². The Morgan fingerprint density at radius 1 is 1.06 bits per heavy atom. The van der Waals surface area contributed by atoms with Gasteiger partial charge in [-0.25, -0.2) is 9.67 Å². The van der Waals surface area contributed by atoms with Gasteiger partial charge >= 0.3 is 6.18 Å². The molecule has 0 aliphatic rings. The molecule has 1 aromatic heterocycles. The highest BCUT2D eigenvalue weighted by Crippen LogP contribution is 2.31. The molecule has 1 heterocycles. The van der Waals surface area contributed by atoms with Gasteiger partial charge in [0.1, 0.15) is 18.1 Å². The lowest BCUT2D eigenvalue weighted by Crippen LogP contribution is -2.08. The molecule has 0 saturated carbocycles. The molecule has 5 nitrogen and oxygen atoms in total. The molecular formula is C24H22F3N3O2. The maximum Gasteiger partial charge on any atom is 0.453 e. The van der Waals surface area contributed by atoms with E-state index >= 15 is 0 Å². The van der Waals surface area contributed by atoms with E-state index in [4.69, 9.17) is 9.47 Å². The molecule has 0 bridgehead atoms. The Kier molecular flexibility index (Phi) is 7.14. The van der Waals surface area contributed by atoms with Gasteiger partial charge in [0.2, 0.25) is 0 Å². The van der Waals surface area contributed by atoms with Gasteiger partial charge in [-0.3, -0.25) is 0 Å². The van der Waals surface area contributed by atoms with Crippen molar-refractivity contribution in [2.75, 3.05) is 13.7 Å². The average molecular weight is 441 g/mol. The first-order valence-electron chi connectivity index (χ1n) is 9.72. The third-order valence-corrected chi connectivity index (χ3v) is 4.41. The third kappa shape index (κ3) is 5.46. The van der Waals surface area contributed by atoms with Crippen LogP contribution in [0.1, 0.15) is 12.7 Å². The smallest absolute Gasteiger partial charge is 0.453 e. The van der Waals surface area contributed by atoms with Gasteiger partial charge in [0.25, 0.3) is 5.82 Å². The van der Waals surface area contributed by atoms with Crippen molar-refractivity contribution < 1.29 is 22.6 Å². The number of aromatic nitrogens is 3. The summed E-state index contributed by atoms with van der Waals surface area (Å²) < 4.78 is 51.9. The average Bonchev–Trinajstić information content (AvgIpc) is 3.24. The summed E-state index contributed by atoms with van der Waals surface area (Å²) in [6.45, 7) is 5.91. The van der Waals surface area contributed by atoms with Gasteiger partial charge in [-0.1, -0.05) is 30.9 Å². The number of hydrogen-bond donors (Lipinski definition) is 0. The van der Waals surface area contributed by atoms with Crippen LogP contribution in [0, 0.1) is 0 Å². The second kappa shape index (κ2) is 10.00. The van der Waals surface area contributed by atoms with Gasteiger partial charge in [-0.15, -0.1) is 5.10 Å². The van der Waals surface area contributed by atoms with E-state index in [1.54, 1.807) is 54.6 Å². The lowest BCUT2D eigenvalue weighted by atomic mass is 10.2. The van der Waals surface area contributed by atoms with E-state index in [1.807, 2.05) is 25.2 Å². The predicted molar refractivity (Wildman–Crippen MR) is 117 cm³/mol. The van der Waals surface area contributed by atoms with E-state index in [2.05, 4.69) is 16.7 Å². The zero-order valence-electron chi connectivity index (χ0n) is 17.6. The molecule has 8 heteroatoms. The fourth-order valence-corrected chi connectivity index (χ4v) is 2.91. The largest absolute Gasteiger partial charge is 0.497 e. The summed E-state index contributed by atoms with van der Waals surface area (Å²) in [6.07, 6.45) is 2.64.